The van der Waals surface area contributed by atoms with Crippen LogP contribution in [-0.2, 0) is 26.2 Å². The maximum absolute atomic E-state index is 13.2. The molecule has 0 saturated carbocycles. The fourth-order valence-electron chi connectivity index (χ4n) is 3.38. The lowest BCUT2D eigenvalue weighted by Gasteiger charge is -2.30. The number of sulfonamides is 1. The Morgan fingerprint density at radius 3 is 2.14 bits per heavy atom. The predicted molar refractivity (Wildman–Crippen MR) is 140 cm³/mol. The summed E-state index contributed by atoms with van der Waals surface area (Å²) in [7, 11) is -2.17. The number of hydrogen-bond donors (Lipinski definition) is 1. The van der Waals surface area contributed by atoms with Gasteiger partial charge in [-0.3, -0.25) is 9.59 Å². The third-order valence-electron chi connectivity index (χ3n) is 5.56. The van der Waals surface area contributed by atoms with Crippen molar-refractivity contribution in [1.82, 2.24) is 14.5 Å². The summed E-state index contributed by atoms with van der Waals surface area (Å²) in [6.45, 7) is 6.32. The average Bonchev–Trinajstić information content (AvgIpc) is 2.82. The van der Waals surface area contributed by atoms with Gasteiger partial charge in [0.15, 0.2) is 0 Å². The number of benzene rings is 2. The van der Waals surface area contributed by atoms with Crippen LogP contribution < -0.4 is 5.32 Å². The van der Waals surface area contributed by atoms with E-state index in [0.29, 0.717) is 22.2 Å². The first-order valence-corrected chi connectivity index (χ1v) is 13.7. The van der Waals surface area contributed by atoms with E-state index in [1.54, 1.807) is 43.3 Å². The third-order valence-corrected chi connectivity index (χ3v) is 8.14. The number of carbonyl (C=O) groups is 2. The molecule has 0 fully saturated rings. The fourth-order valence-corrected chi connectivity index (χ4v) is 5.13. The van der Waals surface area contributed by atoms with Gasteiger partial charge in [0.1, 0.15) is 6.04 Å². The van der Waals surface area contributed by atoms with Gasteiger partial charge in [0.25, 0.3) is 0 Å². The third kappa shape index (κ3) is 8.20. The number of amides is 2. The summed E-state index contributed by atoms with van der Waals surface area (Å²) in [5.41, 5.74) is 0.552. The molecule has 35 heavy (non-hydrogen) atoms. The van der Waals surface area contributed by atoms with Crippen LogP contribution in [0, 0.1) is 5.92 Å². The monoisotopic (exact) mass is 541 g/mol. The lowest BCUT2D eigenvalue weighted by Crippen LogP contribution is -2.48. The van der Waals surface area contributed by atoms with Gasteiger partial charge >= 0.3 is 0 Å². The highest BCUT2D eigenvalue weighted by atomic mass is 35.5. The second-order valence-corrected chi connectivity index (χ2v) is 11.6. The molecule has 0 aromatic heterocycles. The molecule has 10 heteroatoms. The Labute approximate surface area is 218 Å². The second-order valence-electron chi connectivity index (χ2n) is 8.78. The van der Waals surface area contributed by atoms with Gasteiger partial charge in [-0.25, -0.2) is 12.7 Å². The van der Waals surface area contributed by atoms with Crippen LogP contribution in [0.2, 0.25) is 10.0 Å². The van der Waals surface area contributed by atoms with Gasteiger partial charge in [0.2, 0.25) is 21.8 Å². The minimum Gasteiger partial charge on any atom is -0.354 e. The Kier molecular flexibility index (Phi) is 11.0. The van der Waals surface area contributed by atoms with Crippen LogP contribution >= 0.6 is 23.2 Å². The van der Waals surface area contributed by atoms with Gasteiger partial charge in [0.05, 0.1) is 4.90 Å². The maximum atomic E-state index is 13.2. The molecular formula is C25H33Cl2N3O4S. The zero-order chi connectivity index (χ0) is 26.2. The summed E-state index contributed by atoms with van der Waals surface area (Å²) in [6, 6.07) is 12.4. The van der Waals surface area contributed by atoms with E-state index in [9.17, 15) is 18.0 Å². The fraction of sp³-hybridized carbons (Fsp3) is 0.440. The van der Waals surface area contributed by atoms with E-state index >= 15 is 0 Å². The summed E-state index contributed by atoms with van der Waals surface area (Å²) in [5, 5.41) is 3.66. The molecular weight excluding hydrogens is 509 g/mol. The Bertz CT molecular complexity index is 1090. The molecule has 0 unspecified atom stereocenters. The van der Waals surface area contributed by atoms with Crippen LogP contribution in [0.15, 0.2) is 53.4 Å². The van der Waals surface area contributed by atoms with E-state index in [4.69, 9.17) is 23.2 Å². The molecule has 0 spiro atoms. The smallest absolute Gasteiger partial charge is 0.242 e. The standard InChI is InChI=1S/C25H33Cl2N3O4S/c1-18(2)16-28-25(32)19(3)30(17-21-22(26)12-8-13-23(21)27)24(31)14-9-15-29(4)35(33,34)20-10-6-5-7-11-20/h5-8,10-13,18-19H,9,14-17H2,1-4H3,(H,28,32)/t19-/m1/s1. The molecule has 192 valence electrons. The van der Waals surface area contributed by atoms with Gasteiger partial charge in [-0.15, -0.1) is 0 Å². The van der Waals surface area contributed by atoms with E-state index in [1.807, 2.05) is 13.8 Å². The lowest BCUT2D eigenvalue weighted by atomic mass is 10.1. The molecule has 0 aliphatic heterocycles. The van der Waals surface area contributed by atoms with E-state index < -0.39 is 16.1 Å². The summed E-state index contributed by atoms with van der Waals surface area (Å²) >= 11 is 12.6. The molecule has 0 heterocycles. The Morgan fingerprint density at radius 1 is 0.971 bits per heavy atom. The van der Waals surface area contributed by atoms with Crippen molar-refractivity contribution >= 4 is 45.0 Å². The van der Waals surface area contributed by atoms with Crippen LogP contribution in [0.25, 0.3) is 0 Å². The maximum Gasteiger partial charge on any atom is 0.242 e. The number of nitrogens with zero attached hydrogens (tertiary/aromatic N) is 2. The first-order chi connectivity index (χ1) is 16.4. The van der Waals surface area contributed by atoms with E-state index in [2.05, 4.69) is 5.32 Å². The summed E-state index contributed by atoms with van der Waals surface area (Å²) in [6.07, 6.45) is 0.340. The van der Waals surface area contributed by atoms with Crippen molar-refractivity contribution in [3.8, 4) is 0 Å². The molecule has 0 aliphatic rings. The lowest BCUT2D eigenvalue weighted by molar-refractivity contribution is -0.140. The Balaban J connectivity index is 2.13. The van der Waals surface area contributed by atoms with Crippen molar-refractivity contribution in [2.45, 2.75) is 51.1 Å². The van der Waals surface area contributed by atoms with Crippen LogP contribution in [-0.4, -0.2) is 55.6 Å². The van der Waals surface area contributed by atoms with Gasteiger partial charge in [0, 0.05) is 48.7 Å². The second kappa shape index (κ2) is 13.3. The normalized spacial score (nSPS) is 12.6. The SMILES string of the molecule is CC(C)CNC(=O)[C@@H](C)N(Cc1c(Cl)cccc1Cl)C(=O)CCCN(C)S(=O)(=O)c1ccccc1. The highest BCUT2D eigenvalue weighted by molar-refractivity contribution is 7.89. The first kappa shape index (κ1) is 29.1. The van der Waals surface area contributed by atoms with Crippen molar-refractivity contribution in [3.05, 3.63) is 64.1 Å². The van der Waals surface area contributed by atoms with Gasteiger partial charge in [-0.1, -0.05) is 61.3 Å². The number of rotatable bonds is 12. The summed E-state index contributed by atoms with van der Waals surface area (Å²) in [4.78, 5) is 27.6. The highest BCUT2D eigenvalue weighted by Crippen LogP contribution is 2.27. The zero-order valence-corrected chi connectivity index (χ0v) is 22.8. The molecule has 1 atom stereocenters. The van der Waals surface area contributed by atoms with Crippen LogP contribution in [0.3, 0.4) is 0 Å². The minimum absolute atomic E-state index is 0.0541. The summed E-state index contributed by atoms with van der Waals surface area (Å²) < 4.78 is 26.7. The van der Waals surface area contributed by atoms with Gasteiger partial charge < -0.3 is 10.2 Å². The quantitative estimate of drug-likeness (QED) is 0.425. The van der Waals surface area contributed by atoms with Gasteiger partial charge in [-0.2, -0.15) is 0 Å². The van der Waals surface area contributed by atoms with Crippen LogP contribution in [0.1, 0.15) is 39.2 Å². The molecule has 0 radical (unpaired) electrons. The zero-order valence-electron chi connectivity index (χ0n) is 20.5. The minimum atomic E-state index is -3.65. The first-order valence-electron chi connectivity index (χ1n) is 11.5. The molecule has 0 saturated heterocycles. The Hall–Kier alpha value is -2.13. The highest BCUT2D eigenvalue weighted by Gasteiger charge is 2.28. The number of halogens is 2. The molecule has 2 aromatic rings. The Morgan fingerprint density at radius 2 is 1.57 bits per heavy atom. The average molecular weight is 543 g/mol. The molecule has 0 aliphatic carbocycles. The van der Waals surface area contributed by atoms with E-state index in [0.717, 1.165) is 0 Å². The van der Waals surface area contributed by atoms with Gasteiger partial charge in [-0.05, 0) is 43.5 Å². The molecule has 2 rings (SSSR count). The molecule has 0 bridgehead atoms. The predicted octanol–water partition coefficient (Wildman–Crippen LogP) is 4.58. The molecule has 2 aromatic carbocycles. The van der Waals surface area contributed by atoms with Crippen molar-refractivity contribution < 1.29 is 18.0 Å². The number of nitrogens with one attached hydrogen (secondary N) is 1. The van der Waals surface area contributed by atoms with E-state index in [-0.39, 0.29) is 48.6 Å². The topological polar surface area (TPSA) is 86.8 Å². The summed E-state index contributed by atoms with van der Waals surface area (Å²) in [5.74, 6) is -0.312. The number of hydrogen-bond acceptors (Lipinski definition) is 4. The van der Waals surface area contributed by atoms with E-state index in [1.165, 1.54) is 28.4 Å². The van der Waals surface area contributed by atoms with Crippen LogP contribution in [0.4, 0.5) is 0 Å². The van der Waals surface area contributed by atoms with Crippen LogP contribution in [0.5, 0.6) is 0 Å². The largest absolute Gasteiger partial charge is 0.354 e. The van der Waals surface area contributed by atoms with Crippen molar-refractivity contribution in [2.75, 3.05) is 20.1 Å². The molecule has 2 amide bonds. The number of carbonyl (C=O) groups excluding carboxylic acids is 2. The van der Waals surface area contributed by atoms with Crippen molar-refractivity contribution in [3.63, 3.8) is 0 Å². The molecule has 7 nitrogen and oxygen atoms in total. The molecule has 1 N–H and O–H groups in total. The van der Waals surface area contributed by atoms with Crippen molar-refractivity contribution in [2.24, 2.45) is 5.92 Å². The van der Waals surface area contributed by atoms with Crippen molar-refractivity contribution in [1.29, 1.82) is 0 Å².